The van der Waals surface area contributed by atoms with Crippen LogP contribution < -0.4 is 5.32 Å². The maximum atomic E-state index is 13.2. The normalized spacial score (nSPS) is 17.7. The number of hydrogen-bond donors (Lipinski definition) is 1. The number of fused-ring (bicyclic) bond motifs is 1. The maximum absolute atomic E-state index is 13.2. The number of anilines is 1. The van der Waals surface area contributed by atoms with Crippen molar-refractivity contribution in [3.63, 3.8) is 0 Å². The Balaban J connectivity index is 1.61. The molecule has 0 aliphatic carbocycles. The molecule has 1 amide bonds. The lowest BCUT2D eigenvalue weighted by Gasteiger charge is -2.23. The molecule has 5 nitrogen and oxygen atoms in total. The second-order valence-corrected chi connectivity index (χ2v) is 8.63. The molecule has 3 aromatic carbocycles. The smallest absolute Gasteiger partial charge is 0.243 e. The number of hydrogen-bond acceptors (Lipinski definition) is 3. The van der Waals surface area contributed by atoms with E-state index in [9.17, 15) is 17.6 Å². The van der Waals surface area contributed by atoms with Crippen molar-refractivity contribution in [2.75, 3.05) is 11.9 Å². The van der Waals surface area contributed by atoms with Gasteiger partial charge in [0.15, 0.2) is 0 Å². The molecule has 1 aliphatic rings. The van der Waals surface area contributed by atoms with Gasteiger partial charge < -0.3 is 5.32 Å². The van der Waals surface area contributed by atoms with Gasteiger partial charge in [-0.15, -0.1) is 0 Å². The number of halogens is 1. The number of nitrogens with zero attached hydrogens (tertiary/aromatic N) is 1. The molecule has 3 aromatic rings. The zero-order valence-electron chi connectivity index (χ0n) is 15.0. The first-order chi connectivity index (χ1) is 13.5. The van der Waals surface area contributed by atoms with Gasteiger partial charge in [0.05, 0.1) is 4.90 Å². The Labute approximate surface area is 162 Å². The lowest BCUT2D eigenvalue weighted by molar-refractivity contribution is -0.119. The third kappa shape index (κ3) is 3.39. The second kappa shape index (κ2) is 7.33. The van der Waals surface area contributed by atoms with Crippen LogP contribution in [0.25, 0.3) is 10.8 Å². The molecule has 144 valence electrons. The van der Waals surface area contributed by atoms with E-state index in [0.29, 0.717) is 18.5 Å². The molecule has 0 saturated carbocycles. The predicted octanol–water partition coefficient (Wildman–Crippen LogP) is 3.77. The average molecular weight is 398 g/mol. The number of rotatable bonds is 4. The highest BCUT2D eigenvalue weighted by Crippen LogP contribution is 2.29. The van der Waals surface area contributed by atoms with Gasteiger partial charge in [0.25, 0.3) is 0 Å². The Morgan fingerprint density at radius 1 is 1.00 bits per heavy atom. The van der Waals surface area contributed by atoms with E-state index in [2.05, 4.69) is 5.32 Å². The molecule has 1 atom stereocenters. The highest BCUT2D eigenvalue weighted by molar-refractivity contribution is 7.89. The van der Waals surface area contributed by atoms with Gasteiger partial charge in [0, 0.05) is 17.6 Å². The van der Waals surface area contributed by atoms with Crippen LogP contribution in [-0.2, 0) is 14.8 Å². The number of nitrogens with one attached hydrogen (secondary N) is 1. The fraction of sp³-hybridized carbons (Fsp3) is 0.190. The van der Waals surface area contributed by atoms with Crippen LogP contribution >= 0.6 is 0 Å². The molecule has 1 saturated heterocycles. The largest absolute Gasteiger partial charge is 0.324 e. The fourth-order valence-electron chi connectivity index (χ4n) is 3.58. The van der Waals surface area contributed by atoms with Gasteiger partial charge in [-0.3, -0.25) is 4.79 Å². The highest BCUT2D eigenvalue weighted by atomic mass is 32.2. The summed E-state index contributed by atoms with van der Waals surface area (Å²) in [6.45, 7) is 0.257. The van der Waals surface area contributed by atoms with Gasteiger partial charge in [-0.1, -0.05) is 36.4 Å². The summed E-state index contributed by atoms with van der Waals surface area (Å²) in [6.07, 6.45) is 1.03. The van der Waals surface area contributed by atoms with Crippen LogP contribution in [-0.4, -0.2) is 31.2 Å². The number of sulfonamides is 1. The third-order valence-corrected chi connectivity index (χ3v) is 6.90. The summed E-state index contributed by atoms with van der Waals surface area (Å²) in [6, 6.07) is 17.1. The molecule has 0 bridgehead atoms. The Bertz CT molecular complexity index is 1120. The third-order valence-electron chi connectivity index (χ3n) is 4.97. The van der Waals surface area contributed by atoms with Gasteiger partial charge >= 0.3 is 0 Å². The van der Waals surface area contributed by atoms with Crippen LogP contribution in [0.15, 0.2) is 71.6 Å². The molecule has 1 aliphatic heterocycles. The summed E-state index contributed by atoms with van der Waals surface area (Å²) in [5.41, 5.74) is 0.647. The number of amides is 1. The first kappa shape index (κ1) is 18.6. The van der Waals surface area contributed by atoms with Crippen LogP contribution in [0.4, 0.5) is 10.1 Å². The maximum Gasteiger partial charge on any atom is 0.243 e. The standard InChI is InChI=1S/C21H19FN2O3S/c22-16-10-12-17(13-11-16)28(26,27)24-14-4-9-20(24)21(25)23-19-8-3-6-15-5-1-2-7-18(15)19/h1-3,5-8,10-13,20H,4,9,14H2,(H,23,25)/t20-/m1/s1. The lowest BCUT2D eigenvalue weighted by atomic mass is 10.1. The quantitative estimate of drug-likeness (QED) is 0.728. The van der Waals surface area contributed by atoms with Crippen LogP contribution in [0.2, 0.25) is 0 Å². The molecule has 1 fully saturated rings. The second-order valence-electron chi connectivity index (χ2n) is 6.74. The molecule has 0 aromatic heterocycles. The first-order valence-electron chi connectivity index (χ1n) is 9.03. The Hall–Kier alpha value is -2.77. The van der Waals surface area contributed by atoms with Gasteiger partial charge in [-0.2, -0.15) is 4.31 Å². The average Bonchev–Trinajstić information content (AvgIpc) is 3.20. The van der Waals surface area contributed by atoms with Crippen LogP contribution in [0.1, 0.15) is 12.8 Å². The van der Waals surface area contributed by atoms with E-state index in [4.69, 9.17) is 0 Å². The van der Waals surface area contributed by atoms with E-state index < -0.39 is 21.9 Å². The Morgan fingerprint density at radius 2 is 1.71 bits per heavy atom. The number of carbonyl (C=O) groups is 1. The van der Waals surface area contributed by atoms with Gasteiger partial charge in [-0.25, -0.2) is 12.8 Å². The molecule has 0 spiro atoms. The minimum absolute atomic E-state index is 0.0150. The van der Waals surface area contributed by atoms with E-state index in [1.165, 1.54) is 16.4 Å². The lowest BCUT2D eigenvalue weighted by Crippen LogP contribution is -2.43. The number of carbonyl (C=O) groups excluding carboxylic acids is 1. The summed E-state index contributed by atoms with van der Waals surface area (Å²) in [5, 5.41) is 4.77. The summed E-state index contributed by atoms with van der Waals surface area (Å²) in [5.74, 6) is -0.870. The van der Waals surface area contributed by atoms with Gasteiger partial charge in [0.2, 0.25) is 15.9 Å². The van der Waals surface area contributed by atoms with E-state index in [1.807, 2.05) is 36.4 Å². The van der Waals surface area contributed by atoms with Crippen molar-refractivity contribution in [2.24, 2.45) is 0 Å². The van der Waals surface area contributed by atoms with Crippen molar-refractivity contribution in [3.05, 3.63) is 72.5 Å². The van der Waals surface area contributed by atoms with E-state index in [1.54, 1.807) is 6.07 Å². The molecule has 28 heavy (non-hydrogen) atoms. The van der Waals surface area contributed by atoms with Crippen molar-refractivity contribution in [1.29, 1.82) is 0 Å². The SMILES string of the molecule is O=C(Nc1cccc2ccccc12)[C@H]1CCCN1S(=O)(=O)c1ccc(F)cc1. The zero-order valence-corrected chi connectivity index (χ0v) is 15.8. The molecular formula is C21H19FN2O3S. The first-order valence-corrected chi connectivity index (χ1v) is 10.5. The van der Waals surface area contributed by atoms with Crippen LogP contribution in [0, 0.1) is 5.82 Å². The minimum Gasteiger partial charge on any atom is -0.324 e. The van der Waals surface area contributed by atoms with E-state index in [0.717, 1.165) is 22.9 Å². The van der Waals surface area contributed by atoms with Gasteiger partial charge in [-0.05, 0) is 48.6 Å². The molecule has 4 rings (SSSR count). The van der Waals surface area contributed by atoms with Crippen LogP contribution in [0.3, 0.4) is 0 Å². The number of benzene rings is 3. The van der Waals surface area contributed by atoms with Crippen molar-refractivity contribution in [2.45, 2.75) is 23.8 Å². The van der Waals surface area contributed by atoms with E-state index >= 15 is 0 Å². The van der Waals surface area contributed by atoms with Crippen molar-refractivity contribution in [1.82, 2.24) is 4.31 Å². The zero-order chi connectivity index (χ0) is 19.7. The topological polar surface area (TPSA) is 66.5 Å². The van der Waals surface area contributed by atoms with Crippen molar-refractivity contribution >= 4 is 32.4 Å². The highest BCUT2D eigenvalue weighted by Gasteiger charge is 2.39. The summed E-state index contributed by atoms with van der Waals surface area (Å²) in [4.78, 5) is 12.9. The summed E-state index contributed by atoms with van der Waals surface area (Å²) >= 11 is 0. The molecule has 1 heterocycles. The molecule has 0 radical (unpaired) electrons. The summed E-state index contributed by atoms with van der Waals surface area (Å²) in [7, 11) is -3.88. The molecule has 0 unspecified atom stereocenters. The monoisotopic (exact) mass is 398 g/mol. The van der Waals surface area contributed by atoms with Gasteiger partial charge in [0.1, 0.15) is 11.9 Å². The summed E-state index contributed by atoms with van der Waals surface area (Å²) < 4.78 is 40.3. The predicted molar refractivity (Wildman–Crippen MR) is 106 cm³/mol. The Kier molecular flexibility index (Phi) is 4.87. The van der Waals surface area contributed by atoms with E-state index in [-0.39, 0.29) is 17.3 Å². The molecule has 1 N–H and O–H groups in total. The minimum atomic E-state index is -3.88. The fourth-order valence-corrected chi connectivity index (χ4v) is 5.24. The Morgan fingerprint density at radius 3 is 2.50 bits per heavy atom. The van der Waals surface area contributed by atoms with Crippen molar-refractivity contribution in [3.8, 4) is 0 Å². The van der Waals surface area contributed by atoms with Crippen LogP contribution in [0.5, 0.6) is 0 Å². The van der Waals surface area contributed by atoms with Crippen molar-refractivity contribution < 1.29 is 17.6 Å². The molecule has 7 heteroatoms. The molecular weight excluding hydrogens is 379 g/mol.